The summed E-state index contributed by atoms with van der Waals surface area (Å²) in [5.74, 6) is -1.65. The highest BCUT2D eigenvalue weighted by molar-refractivity contribution is 6.15. The zero-order valence-corrected chi connectivity index (χ0v) is 14.2. The number of nitrogens with one attached hydrogen (secondary N) is 2. The maximum absolute atomic E-state index is 13.4. The predicted octanol–water partition coefficient (Wildman–Crippen LogP) is 4.03. The first kappa shape index (κ1) is 16.4. The second-order valence-electron chi connectivity index (χ2n) is 6.70. The zero-order valence-electron chi connectivity index (χ0n) is 14.2. The van der Waals surface area contributed by atoms with Crippen molar-refractivity contribution in [3.8, 4) is 0 Å². The van der Waals surface area contributed by atoms with Crippen molar-refractivity contribution in [3.05, 3.63) is 47.5 Å². The lowest BCUT2D eigenvalue weighted by atomic mass is 10.1. The third kappa shape index (κ3) is 2.87. The second-order valence-corrected chi connectivity index (χ2v) is 6.70. The molecule has 2 heterocycles. The van der Waals surface area contributed by atoms with Gasteiger partial charge in [-0.2, -0.15) is 0 Å². The molecule has 2 aromatic heterocycles. The van der Waals surface area contributed by atoms with Gasteiger partial charge in [0.15, 0.2) is 11.6 Å². The molecular formula is C18H16F2N4O2. The highest BCUT2D eigenvalue weighted by atomic mass is 19.2. The van der Waals surface area contributed by atoms with Gasteiger partial charge in [-0.25, -0.2) is 18.7 Å². The van der Waals surface area contributed by atoms with Crippen LogP contribution in [0.5, 0.6) is 0 Å². The Balaban J connectivity index is 1.73. The summed E-state index contributed by atoms with van der Waals surface area (Å²) in [6, 6.07) is 3.16. The fourth-order valence-electron chi connectivity index (χ4n) is 2.78. The largest absolute Gasteiger partial charge is 0.442 e. The summed E-state index contributed by atoms with van der Waals surface area (Å²) < 4.78 is 32.0. The fraction of sp³-hybridized carbons (Fsp3) is 0.278. The van der Waals surface area contributed by atoms with Crippen LogP contribution in [0.4, 0.5) is 20.3 Å². The molecule has 0 saturated heterocycles. The number of hydrogen-bond acceptors (Lipinski definition) is 5. The van der Waals surface area contributed by atoms with E-state index in [0.717, 1.165) is 25.0 Å². The topological polar surface area (TPSA) is 80.1 Å². The number of aromatic nitrogens is 2. The standard InChI is InChI=1S/C18H16F2N4O2/c1-9-13(16(25)23-10-3-4-11(19)12(20)7-10)14-15(24-18(2)5-6-18)21-8-22-17(14)26-9/h3-4,7-8H,5-6H2,1-2H3,(H,23,25)(H,21,22,24). The van der Waals surface area contributed by atoms with Crippen LogP contribution >= 0.6 is 0 Å². The molecule has 0 atom stereocenters. The number of carbonyl (C=O) groups excluding carboxylic acids is 1. The van der Waals surface area contributed by atoms with Crippen LogP contribution in [0.3, 0.4) is 0 Å². The zero-order chi connectivity index (χ0) is 18.5. The lowest BCUT2D eigenvalue weighted by Crippen LogP contribution is -2.18. The van der Waals surface area contributed by atoms with Gasteiger partial charge < -0.3 is 15.1 Å². The molecule has 4 rings (SSSR count). The van der Waals surface area contributed by atoms with Gasteiger partial charge in [0, 0.05) is 17.3 Å². The van der Waals surface area contributed by atoms with Crippen molar-refractivity contribution in [2.45, 2.75) is 32.2 Å². The van der Waals surface area contributed by atoms with Gasteiger partial charge in [-0.1, -0.05) is 0 Å². The quantitative estimate of drug-likeness (QED) is 0.736. The van der Waals surface area contributed by atoms with E-state index >= 15 is 0 Å². The number of carbonyl (C=O) groups is 1. The van der Waals surface area contributed by atoms with E-state index in [1.807, 2.05) is 0 Å². The Morgan fingerprint density at radius 3 is 2.69 bits per heavy atom. The monoisotopic (exact) mass is 358 g/mol. The third-order valence-electron chi connectivity index (χ3n) is 4.49. The van der Waals surface area contributed by atoms with Crippen LogP contribution < -0.4 is 10.6 Å². The Bertz CT molecular complexity index is 1030. The van der Waals surface area contributed by atoms with Crippen LogP contribution in [-0.2, 0) is 0 Å². The van der Waals surface area contributed by atoms with Crippen LogP contribution in [0.1, 0.15) is 35.9 Å². The normalized spacial score (nSPS) is 15.1. The Morgan fingerprint density at radius 2 is 2.00 bits per heavy atom. The van der Waals surface area contributed by atoms with Crippen LogP contribution in [0.15, 0.2) is 28.9 Å². The molecule has 0 spiro atoms. The molecule has 1 aliphatic carbocycles. The molecule has 6 nitrogen and oxygen atoms in total. The SMILES string of the molecule is Cc1oc2ncnc(NC3(C)CC3)c2c1C(=O)Nc1ccc(F)c(F)c1. The van der Waals surface area contributed by atoms with E-state index < -0.39 is 17.5 Å². The summed E-state index contributed by atoms with van der Waals surface area (Å²) in [7, 11) is 0. The number of nitrogens with zero attached hydrogens (tertiary/aromatic N) is 2. The molecule has 2 N–H and O–H groups in total. The van der Waals surface area contributed by atoms with Crippen LogP contribution in [0, 0.1) is 18.6 Å². The van der Waals surface area contributed by atoms with E-state index in [-0.39, 0.29) is 16.8 Å². The molecule has 0 radical (unpaired) electrons. The molecular weight excluding hydrogens is 342 g/mol. The number of anilines is 2. The minimum absolute atomic E-state index is 0.0553. The first-order chi connectivity index (χ1) is 12.4. The van der Waals surface area contributed by atoms with E-state index in [9.17, 15) is 13.6 Å². The summed E-state index contributed by atoms with van der Waals surface area (Å²) in [5, 5.41) is 6.36. The van der Waals surface area contributed by atoms with Crippen molar-refractivity contribution in [2.75, 3.05) is 10.6 Å². The maximum Gasteiger partial charge on any atom is 0.260 e. The second kappa shape index (κ2) is 5.76. The lowest BCUT2D eigenvalue weighted by Gasteiger charge is -2.13. The highest BCUT2D eigenvalue weighted by Gasteiger charge is 2.38. The van der Waals surface area contributed by atoms with E-state index in [1.54, 1.807) is 6.92 Å². The molecule has 8 heteroatoms. The summed E-state index contributed by atoms with van der Waals surface area (Å²) in [6.07, 6.45) is 3.38. The smallest absolute Gasteiger partial charge is 0.260 e. The molecule has 0 unspecified atom stereocenters. The number of amides is 1. The minimum atomic E-state index is -1.04. The van der Waals surface area contributed by atoms with Gasteiger partial charge in [-0.05, 0) is 38.8 Å². The average Bonchev–Trinajstić information content (AvgIpc) is 3.19. The first-order valence-corrected chi connectivity index (χ1v) is 8.15. The number of aryl methyl sites for hydroxylation is 1. The van der Waals surface area contributed by atoms with Gasteiger partial charge >= 0.3 is 0 Å². The molecule has 1 amide bonds. The van der Waals surface area contributed by atoms with Crippen molar-refractivity contribution in [1.29, 1.82) is 0 Å². The summed E-state index contributed by atoms with van der Waals surface area (Å²) >= 11 is 0. The van der Waals surface area contributed by atoms with Crippen LogP contribution in [0.2, 0.25) is 0 Å². The molecule has 26 heavy (non-hydrogen) atoms. The third-order valence-corrected chi connectivity index (χ3v) is 4.49. The molecule has 1 aliphatic rings. The number of hydrogen-bond donors (Lipinski definition) is 2. The van der Waals surface area contributed by atoms with Crippen molar-refractivity contribution in [1.82, 2.24) is 9.97 Å². The number of furan rings is 1. The number of benzene rings is 1. The highest BCUT2D eigenvalue weighted by Crippen LogP contribution is 2.40. The van der Waals surface area contributed by atoms with Gasteiger partial charge in [0.25, 0.3) is 5.91 Å². The van der Waals surface area contributed by atoms with Gasteiger partial charge in [0.1, 0.15) is 17.9 Å². The van der Waals surface area contributed by atoms with Crippen molar-refractivity contribution in [3.63, 3.8) is 0 Å². The Morgan fingerprint density at radius 1 is 1.23 bits per heavy atom. The average molecular weight is 358 g/mol. The number of halogens is 2. The van der Waals surface area contributed by atoms with Crippen molar-refractivity contribution < 1.29 is 18.0 Å². The van der Waals surface area contributed by atoms with Gasteiger partial charge in [0.05, 0.1) is 10.9 Å². The van der Waals surface area contributed by atoms with Crippen LogP contribution in [0.25, 0.3) is 11.1 Å². The number of rotatable bonds is 4. The Kier molecular flexibility index (Phi) is 3.64. The predicted molar refractivity (Wildman–Crippen MR) is 92.1 cm³/mol. The molecule has 134 valence electrons. The van der Waals surface area contributed by atoms with Crippen molar-refractivity contribution in [2.24, 2.45) is 0 Å². The number of fused-ring (bicyclic) bond motifs is 1. The van der Waals surface area contributed by atoms with Crippen molar-refractivity contribution >= 4 is 28.5 Å². The van der Waals surface area contributed by atoms with Gasteiger partial charge in [-0.15, -0.1) is 0 Å². The molecule has 0 bridgehead atoms. The fourth-order valence-corrected chi connectivity index (χ4v) is 2.78. The van der Waals surface area contributed by atoms with E-state index in [0.29, 0.717) is 22.7 Å². The maximum atomic E-state index is 13.4. The summed E-state index contributed by atoms with van der Waals surface area (Å²) in [5.41, 5.74) is 0.639. The lowest BCUT2D eigenvalue weighted by molar-refractivity contribution is 0.102. The molecule has 0 aliphatic heterocycles. The molecule has 1 aromatic carbocycles. The Labute approximate surface area is 147 Å². The van der Waals surface area contributed by atoms with Gasteiger partial charge in [-0.3, -0.25) is 4.79 Å². The van der Waals surface area contributed by atoms with Gasteiger partial charge in [0.2, 0.25) is 5.71 Å². The minimum Gasteiger partial charge on any atom is -0.442 e. The summed E-state index contributed by atoms with van der Waals surface area (Å²) in [6.45, 7) is 3.71. The first-order valence-electron chi connectivity index (χ1n) is 8.15. The van der Waals surface area contributed by atoms with E-state index in [2.05, 4.69) is 27.5 Å². The van der Waals surface area contributed by atoms with Crippen LogP contribution in [-0.4, -0.2) is 21.4 Å². The molecule has 3 aromatic rings. The molecule has 1 fully saturated rings. The summed E-state index contributed by atoms with van der Waals surface area (Å²) in [4.78, 5) is 21.1. The Hall–Kier alpha value is -3.03. The molecule has 1 saturated carbocycles. The van der Waals surface area contributed by atoms with E-state index in [1.165, 1.54) is 12.4 Å². The van der Waals surface area contributed by atoms with E-state index in [4.69, 9.17) is 4.42 Å².